The van der Waals surface area contributed by atoms with Gasteiger partial charge in [0.15, 0.2) is 8.77 Å². The Hall–Kier alpha value is -0.0131. The number of allylic oxidation sites excluding steroid dienone is 3. The third kappa shape index (κ3) is 3.51. The first-order valence-electron chi connectivity index (χ1n) is 6.28. The molecule has 1 aliphatic rings. The van der Waals surface area contributed by atoms with Gasteiger partial charge in [0.25, 0.3) is 0 Å². The van der Waals surface area contributed by atoms with Gasteiger partial charge in [-0.1, -0.05) is 43.7 Å². The van der Waals surface area contributed by atoms with Crippen molar-refractivity contribution in [3.63, 3.8) is 0 Å². The Morgan fingerprint density at radius 3 is 2.78 bits per heavy atom. The second-order valence-electron chi connectivity index (χ2n) is 4.87. The van der Waals surface area contributed by atoms with Crippen molar-refractivity contribution in [2.45, 2.75) is 38.9 Å². The molecule has 18 heavy (non-hydrogen) atoms. The van der Waals surface area contributed by atoms with Crippen LogP contribution in [0.5, 0.6) is 0 Å². The summed E-state index contributed by atoms with van der Waals surface area (Å²) in [7, 11) is -2.07. The van der Waals surface area contributed by atoms with Gasteiger partial charge in [0.05, 0.1) is 11.9 Å². The summed E-state index contributed by atoms with van der Waals surface area (Å²) in [5.41, 5.74) is -0.198. The monoisotopic (exact) mass is 306 g/mol. The van der Waals surface area contributed by atoms with Gasteiger partial charge in [0.2, 0.25) is 0 Å². The Morgan fingerprint density at radius 1 is 1.56 bits per heavy atom. The molecule has 0 amide bonds. The van der Waals surface area contributed by atoms with Crippen LogP contribution in [-0.4, -0.2) is 26.3 Å². The summed E-state index contributed by atoms with van der Waals surface area (Å²) in [5, 5.41) is 0.885. The Balaban J connectivity index is 3.08. The van der Waals surface area contributed by atoms with E-state index in [0.29, 0.717) is 6.61 Å². The van der Waals surface area contributed by atoms with Crippen LogP contribution in [0.4, 0.5) is 0 Å². The standard InChI is InChI=1S/C12H22O3S2Si/c1-4-8-12(3)9-6-7-10(18)11(12)17(13,16)15-14-5-2/h6-7,9,11H,4-5,8H2,1-3,18H3. The molecule has 104 valence electrons. The highest BCUT2D eigenvalue weighted by Gasteiger charge is 2.41. The van der Waals surface area contributed by atoms with E-state index in [0.717, 1.165) is 28.3 Å². The van der Waals surface area contributed by atoms with Crippen LogP contribution in [0.3, 0.4) is 0 Å². The molecule has 0 saturated heterocycles. The largest absolute Gasteiger partial charge is 0.226 e. The van der Waals surface area contributed by atoms with Crippen LogP contribution >= 0.6 is 0 Å². The van der Waals surface area contributed by atoms with Crippen LogP contribution in [0.2, 0.25) is 0 Å². The van der Waals surface area contributed by atoms with Gasteiger partial charge in [-0.05, 0) is 13.3 Å². The van der Waals surface area contributed by atoms with Crippen molar-refractivity contribution in [2.75, 3.05) is 6.61 Å². The van der Waals surface area contributed by atoms with Gasteiger partial charge in [-0.15, -0.1) is 4.33 Å². The summed E-state index contributed by atoms with van der Waals surface area (Å²) in [4.78, 5) is 4.86. The van der Waals surface area contributed by atoms with Crippen LogP contribution in [0, 0.1) is 5.41 Å². The Bertz CT molecular complexity index is 442. The fourth-order valence-corrected chi connectivity index (χ4v) is 7.81. The molecule has 1 rings (SSSR count). The lowest BCUT2D eigenvalue weighted by molar-refractivity contribution is -0.193. The van der Waals surface area contributed by atoms with Gasteiger partial charge >= 0.3 is 0 Å². The predicted octanol–water partition coefficient (Wildman–Crippen LogP) is 1.61. The van der Waals surface area contributed by atoms with E-state index in [4.69, 9.17) is 20.4 Å². The molecule has 3 atom stereocenters. The molecule has 0 bridgehead atoms. The van der Waals surface area contributed by atoms with E-state index in [2.05, 4.69) is 19.9 Å². The number of rotatable bonds is 6. The predicted molar refractivity (Wildman–Crippen MR) is 82.2 cm³/mol. The molecule has 0 fully saturated rings. The molecule has 0 heterocycles. The SMILES string of the molecule is CCCC1(C)C=CC=C([SiH3])C1S(=O)(=S)OOCC. The van der Waals surface area contributed by atoms with Crippen molar-refractivity contribution in [1.82, 2.24) is 0 Å². The molecule has 0 aliphatic heterocycles. The molecule has 1 aliphatic carbocycles. The van der Waals surface area contributed by atoms with Crippen LogP contribution in [0.25, 0.3) is 0 Å². The lowest BCUT2D eigenvalue weighted by Crippen LogP contribution is -2.41. The molecule has 0 aromatic carbocycles. The van der Waals surface area contributed by atoms with Crippen LogP contribution in [-0.2, 0) is 29.2 Å². The zero-order valence-electron chi connectivity index (χ0n) is 11.5. The highest BCUT2D eigenvalue weighted by atomic mass is 32.8. The summed E-state index contributed by atoms with van der Waals surface area (Å²) in [6, 6.07) is 0. The van der Waals surface area contributed by atoms with E-state index < -0.39 is 8.77 Å². The normalized spacial score (nSPS) is 31.1. The second-order valence-corrected chi connectivity index (χ2v) is 9.01. The molecule has 0 radical (unpaired) electrons. The smallest absolute Gasteiger partial charge is 0.181 e. The van der Waals surface area contributed by atoms with Crippen molar-refractivity contribution in [3.05, 3.63) is 23.4 Å². The van der Waals surface area contributed by atoms with Crippen LogP contribution in [0.15, 0.2) is 23.4 Å². The summed E-state index contributed by atoms with van der Waals surface area (Å²) < 4.78 is 17.6. The molecule has 0 aromatic heterocycles. The van der Waals surface area contributed by atoms with E-state index in [1.165, 1.54) is 0 Å². The molecule has 0 spiro atoms. The van der Waals surface area contributed by atoms with E-state index in [9.17, 15) is 4.21 Å². The van der Waals surface area contributed by atoms with Crippen molar-refractivity contribution in [2.24, 2.45) is 5.41 Å². The fourth-order valence-electron chi connectivity index (χ4n) is 2.58. The summed E-state index contributed by atoms with van der Waals surface area (Å²) in [5.74, 6) is 0. The van der Waals surface area contributed by atoms with E-state index in [-0.39, 0.29) is 10.7 Å². The van der Waals surface area contributed by atoms with Crippen LogP contribution in [0.1, 0.15) is 33.6 Å². The Kier molecular flexibility index (Phi) is 5.73. The number of hydrogen-bond acceptors (Lipinski definition) is 4. The minimum atomic E-state index is -2.90. The van der Waals surface area contributed by atoms with E-state index in [1.807, 2.05) is 12.2 Å². The maximum absolute atomic E-state index is 12.6. The quantitative estimate of drug-likeness (QED) is 0.424. The van der Waals surface area contributed by atoms with Crippen molar-refractivity contribution in [3.8, 4) is 0 Å². The van der Waals surface area contributed by atoms with E-state index in [1.54, 1.807) is 6.92 Å². The second kappa shape index (κ2) is 6.43. The molecule has 3 unspecified atom stereocenters. The first-order chi connectivity index (χ1) is 8.37. The maximum atomic E-state index is 12.6. The summed E-state index contributed by atoms with van der Waals surface area (Å²) in [6.45, 7) is 6.36. The van der Waals surface area contributed by atoms with Gasteiger partial charge in [0, 0.05) is 26.8 Å². The molecular formula is C12H22O3S2Si. The van der Waals surface area contributed by atoms with Crippen molar-refractivity contribution >= 4 is 30.2 Å². The molecule has 6 heteroatoms. The van der Waals surface area contributed by atoms with Crippen molar-refractivity contribution < 1.29 is 13.4 Å². The lowest BCUT2D eigenvalue weighted by Gasteiger charge is -2.38. The van der Waals surface area contributed by atoms with Gasteiger partial charge in [-0.3, -0.25) is 0 Å². The zero-order chi connectivity index (χ0) is 13.8. The molecule has 3 nitrogen and oxygen atoms in total. The Labute approximate surface area is 118 Å². The highest BCUT2D eigenvalue weighted by Crippen LogP contribution is 2.40. The van der Waals surface area contributed by atoms with Crippen LogP contribution < -0.4 is 0 Å². The minimum Gasteiger partial charge on any atom is -0.226 e. The summed E-state index contributed by atoms with van der Waals surface area (Å²) >= 11 is 5.20. The third-order valence-corrected chi connectivity index (χ3v) is 7.03. The van der Waals surface area contributed by atoms with Crippen molar-refractivity contribution in [1.29, 1.82) is 0 Å². The highest BCUT2D eigenvalue weighted by molar-refractivity contribution is 8.30. The molecular weight excluding hydrogens is 284 g/mol. The van der Waals surface area contributed by atoms with Gasteiger partial charge < -0.3 is 0 Å². The number of hydrogen-bond donors (Lipinski definition) is 0. The van der Waals surface area contributed by atoms with Gasteiger partial charge in [0.1, 0.15) is 0 Å². The first-order valence-corrected chi connectivity index (χ1v) is 9.75. The topological polar surface area (TPSA) is 35.5 Å². The zero-order valence-corrected chi connectivity index (χ0v) is 15.1. The van der Waals surface area contributed by atoms with E-state index >= 15 is 0 Å². The molecule has 0 saturated carbocycles. The fraction of sp³-hybridized carbons (Fsp3) is 0.667. The third-order valence-electron chi connectivity index (χ3n) is 3.19. The molecule has 0 aromatic rings. The average molecular weight is 307 g/mol. The molecule has 0 N–H and O–H groups in total. The lowest BCUT2D eigenvalue weighted by atomic mass is 9.79. The summed E-state index contributed by atoms with van der Waals surface area (Å²) in [6.07, 6.45) is 8.11. The minimum absolute atomic E-state index is 0.198. The average Bonchev–Trinajstić information content (AvgIpc) is 2.25. The first kappa shape index (κ1) is 16.0. The van der Waals surface area contributed by atoms with Gasteiger partial charge in [-0.2, -0.15) is 0 Å². The van der Waals surface area contributed by atoms with Gasteiger partial charge in [-0.25, -0.2) is 9.10 Å². The maximum Gasteiger partial charge on any atom is 0.181 e. The Morgan fingerprint density at radius 2 is 2.22 bits per heavy atom.